The molecule has 3 aliphatic rings. The molecule has 3 aliphatic heterocycles. The zero-order valence-corrected chi connectivity index (χ0v) is 11.2. The minimum Gasteiger partial charge on any atom is -0.463 e. The van der Waals surface area contributed by atoms with E-state index in [9.17, 15) is 4.79 Å². The van der Waals surface area contributed by atoms with E-state index < -0.39 is 0 Å². The first-order valence-electron chi connectivity index (χ1n) is 7.18. The minimum atomic E-state index is -0.0920. The molecule has 1 atom stereocenters. The van der Waals surface area contributed by atoms with Gasteiger partial charge in [-0.2, -0.15) is 0 Å². The molecule has 0 aliphatic carbocycles. The summed E-state index contributed by atoms with van der Waals surface area (Å²) in [5.41, 5.74) is 1.17. The molecule has 1 N–H and O–H groups in total. The number of carbonyl (C=O) groups excluding carboxylic acids is 1. The predicted molar refractivity (Wildman–Crippen MR) is 74.2 cm³/mol. The fraction of sp³-hybridized carbons (Fsp3) is 0.467. The maximum Gasteiger partial charge on any atom is 0.271 e. The normalized spacial score (nSPS) is 28.7. The van der Waals surface area contributed by atoms with Crippen molar-refractivity contribution < 1.29 is 9.21 Å². The Morgan fingerprint density at radius 3 is 3.00 bits per heavy atom. The number of nitrogens with zero attached hydrogens (tertiary/aromatic N) is 2. The average Bonchev–Trinajstić information content (AvgIpc) is 2.96. The fourth-order valence-corrected chi connectivity index (χ4v) is 3.33. The molecule has 2 bridgehead atoms. The number of rotatable bonds is 2. The summed E-state index contributed by atoms with van der Waals surface area (Å²) >= 11 is 0. The Balaban J connectivity index is 1.52. The molecule has 2 aromatic rings. The summed E-state index contributed by atoms with van der Waals surface area (Å²) in [6, 6.07) is 3.63. The van der Waals surface area contributed by atoms with Crippen LogP contribution in [0.5, 0.6) is 0 Å². The van der Waals surface area contributed by atoms with Gasteiger partial charge in [0.2, 0.25) is 0 Å². The highest BCUT2D eigenvalue weighted by atomic mass is 16.3. The number of fused-ring (bicyclic) bond motifs is 4. The van der Waals surface area contributed by atoms with Gasteiger partial charge in [-0.15, -0.1) is 0 Å². The highest BCUT2D eigenvalue weighted by molar-refractivity contribution is 5.95. The second kappa shape index (κ2) is 4.59. The highest BCUT2D eigenvalue weighted by Gasteiger charge is 2.34. The first-order valence-corrected chi connectivity index (χ1v) is 7.18. The molecule has 5 heteroatoms. The zero-order chi connectivity index (χ0) is 13.5. The third kappa shape index (κ3) is 1.98. The van der Waals surface area contributed by atoms with Crippen molar-refractivity contribution in [2.75, 3.05) is 13.1 Å². The fourth-order valence-electron chi connectivity index (χ4n) is 3.33. The van der Waals surface area contributed by atoms with Gasteiger partial charge < -0.3 is 9.73 Å². The molecule has 0 saturated carbocycles. The van der Waals surface area contributed by atoms with E-state index in [1.807, 2.05) is 6.07 Å². The predicted octanol–water partition coefficient (Wildman–Crippen LogP) is 2.00. The summed E-state index contributed by atoms with van der Waals surface area (Å²) in [5.74, 6) is 0.681. The lowest BCUT2D eigenvalue weighted by molar-refractivity contribution is 0.0293. The van der Waals surface area contributed by atoms with Crippen molar-refractivity contribution in [1.29, 1.82) is 0 Å². The third-order valence-electron chi connectivity index (χ3n) is 4.52. The van der Waals surface area contributed by atoms with E-state index in [2.05, 4.69) is 15.2 Å². The van der Waals surface area contributed by atoms with Crippen molar-refractivity contribution in [3.05, 3.63) is 30.3 Å². The molecule has 1 unspecified atom stereocenters. The summed E-state index contributed by atoms with van der Waals surface area (Å²) < 4.78 is 5.24. The van der Waals surface area contributed by atoms with Crippen molar-refractivity contribution in [3.8, 4) is 0 Å². The molecule has 3 saturated heterocycles. The van der Waals surface area contributed by atoms with Gasteiger partial charge in [0.1, 0.15) is 5.69 Å². The quantitative estimate of drug-likeness (QED) is 0.907. The highest BCUT2D eigenvalue weighted by Crippen LogP contribution is 2.30. The van der Waals surface area contributed by atoms with Gasteiger partial charge in [0, 0.05) is 18.5 Å². The SMILES string of the molecule is O=C(NC1CC2CCN1CC2)c1cc2ccoc2cn1. The number of piperidine rings is 3. The van der Waals surface area contributed by atoms with E-state index in [1.54, 1.807) is 18.5 Å². The van der Waals surface area contributed by atoms with E-state index >= 15 is 0 Å². The van der Waals surface area contributed by atoms with Crippen LogP contribution < -0.4 is 5.32 Å². The van der Waals surface area contributed by atoms with Crippen molar-refractivity contribution >= 4 is 16.9 Å². The second-order valence-electron chi connectivity index (χ2n) is 5.73. The number of furan rings is 1. The molecule has 5 rings (SSSR count). The Morgan fingerprint density at radius 2 is 2.25 bits per heavy atom. The molecule has 0 spiro atoms. The summed E-state index contributed by atoms with van der Waals surface area (Å²) in [4.78, 5) is 18.9. The number of nitrogens with one attached hydrogen (secondary N) is 1. The Labute approximate surface area is 117 Å². The molecule has 104 valence electrons. The maximum atomic E-state index is 12.3. The number of hydrogen-bond donors (Lipinski definition) is 1. The lowest BCUT2D eigenvalue weighted by Crippen LogP contribution is -2.56. The van der Waals surface area contributed by atoms with E-state index in [-0.39, 0.29) is 12.1 Å². The van der Waals surface area contributed by atoms with Gasteiger partial charge in [-0.25, -0.2) is 4.98 Å². The Bertz CT molecular complexity index is 643. The van der Waals surface area contributed by atoms with Gasteiger partial charge in [-0.3, -0.25) is 9.69 Å². The van der Waals surface area contributed by atoms with Crippen LogP contribution in [0.4, 0.5) is 0 Å². The molecular formula is C15H17N3O2. The molecule has 0 radical (unpaired) electrons. The van der Waals surface area contributed by atoms with E-state index in [0.29, 0.717) is 11.3 Å². The second-order valence-corrected chi connectivity index (χ2v) is 5.73. The standard InChI is InChI=1S/C15H17N3O2/c19-15(12-8-11-3-6-20-13(11)9-16-12)17-14-7-10-1-4-18(14)5-2-10/h3,6,8-10,14H,1-2,4-5,7H2,(H,17,19). The summed E-state index contributed by atoms with van der Waals surface area (Å²) in [7, 11) is 0. The van der Waals surface area contributed by atoms with Crippen LogP contribution in [0.25, 0.3) is 11.0 Å². The van der Waals surface area contributed by atoms with Crippen LogP contribution in [0.3, 0.4) is 0 Å². The molecular weight excluding hydrogens is 254 g/mol. The number of amides is 1. The zero-order valence-electron chi connectivity index (χ0n) is 11.2. The van der Waals surface area contributed by atoms with Crippen molar-refractivity contribution in [2.45, 2.75) is 25.4 Å². The van der Waals surface area contributed by atoms with Crippen molar-refractivity contribution in [1.82, 2.24) is 15.2 Å². The number of aromatic nitrogens is 1. The smallest absolute Gasteiger partial charge is 0.271 e. The van der Waals surface area contributed by atoms with Gasteiger partial charge >= 0.3 is 0 Å². The Kier molecular flexibility index (Phi) is 2.73. The number of pyridine rings is 1. The van der Waals surface area contributed by atoms with E-state index in [1.165, 1.54) is 12.8 Å². The van der Waals surface area contributed by atoms with Crippen LogP contribution in [0.1, 0.15) is 29.8 Å². The van der Waals surface area contributed by atoms with Gasteiger partial charge in [0.25, 0.3) is 5.91 Å². The Hall–Kier alpha value is -1.88. The van der Waals surface area contributed by atoms with Crippen LogP contribution in [0.15, 0.2) is 29.0 Å². The molecule has 3 fully saturated rings. The monoisotopic (exact) mass is 271 g/mol. The van der Waals surface area contributed by atoms with Crippen molar-refractivity contribution in [3.63, 3.8) is 0 Å². The van der Waals surface area contributed by atoms with Gasteiger partial charge in [0.15, 0.2) is 5.58 Å². The molecule has 5 heterocycles. The first-order chi connectivity index (χ1) is 9.79. The van der Waals surface area contributed by atoms with Crippen LogP contribution in [-0.4, -0.2) is 35.0 Å². The molecule has 5 nitrogen and oxygen atoms in total. The summed E-state index contributed by atoms with van der Waals surface area (Å²) in [6.07, 6.45) is 7.01. The van der Waals surface area contributed by atoms with Crippen molar-refractivity contribution in [2.24, 2.45) is 5.92 Å². The lowest BCUT2D eigenvalue weighted by Gasteiger charge is -2.45. The van der Waals surface area contributed by atoms with E-state index in [0.717, 1.165) is 30.8 Å². The van der Waals surface area contributed by atoms with Crippen LogP contribution in [0, 0.1) is 5.92 Å². The number of hydrogen-bond acceptors (Lipinski definition) is 4. The van der Waals surface area contributed by atoms with Gasteiger partial charge in [-0.05, 0) is 37.3 Å². The molecule has 0 aromatic carbocycles. The average molecular weight is 271 g/mol. The van der Waals surface area contributed by atoms with Crippen LogP contribution in [-0.2, 0) is 0 Å². The largest absolute Gasteiger partial charge is 0.463 e. The topological polar surface area (TPSA) is 58.4 Å². The Morgan fingerprint density at radius 1 is 1.40 bits per heavy atom. The van der Waals surface area contributed by atoms with Crippen LogP contribution in [0.2, 0.25) is 0 Å². The van der Waals surface area contributed by atoms with Gasteiger partial charge in [0.05, 0.1) is 18.6 Å². The minimum absolute atomic E-state index is 0.0920. The first kappa shape index (κ1) is 11.9. The molecule has 2 aromatic heterocycles. The third-order valence-corrected chi connectivity index (χ3v) is 4.52. The summed E-state index contributed by atoms with van der Waals surface area (Å²) in [6.45, 7) is 2.20. The van der Waals surface area contributed by atoms with E-state index in [4.69, 9.17) is 4.42 Å². The summed E-state index contributed by atoms with van der Waals surface area (Å²) in [5, 5.41) is 4.03. The molecule has 1 amide bonds. The number of carbonyl (C=O) groups is 1. The van der Waals surface area contributed by atoms with Gasteiger partial charge in [-0.1, -0.05) is 0 Å². The lowest BCUT2D eigenvalue weighted by atomic mass is 9.86. The maximum absolute atomic E-state index is 12.3. The van der Waals surface area contributed by atoms with Crippen LogP contribution >= 0.6 is 0 Å². The molecule has 20 heavy (non-hydrogen) atoms.